The summed E-state index contributed by atoms with van der Waals surface area (Å²) in [6, 6.07) is 16.4. The van der Waals surface area contributed by atoms with Gasteiger partial charge in [-0.05, 0) is 61.4 Å². The van der Waals surface area contributed by atoms with Gasteiger partial charge in [0.25, 0.3) is 0 Å². The summed E-state index contributed by atoms with van der Waals surface area (Å²) in [5.74, 6) is 0.722. The summed E-state index contributed by atoms with van der Waals surface area (Å²) in [5.41, 5.74) is 3.43. The number of rotatable bonds is 7. The van der Waals surface area contributed by atoms with Crippen molar-refractivity contribution in [2.24, 2.45) is 5.92 Å². The first kappa shape index (κ1) is 21.2. The molecule has 0 aliphatic heterocycles. The molecule has 0 saturated heterocycles. The van der Waals surface area contributed by atoms with Crippen molar-refractivity contribution in [3.63, 3.8) is 0 Å². The molecule has 0 spiro atoms. The van der Waals surface area contributed by atoms with Gasteiger partial charge >= 0.3 is 0 Å². The van der Waals surface area contributed by atoms with Gasteiger partial charge in [0.05, 0.1) is 17.6 Å². The average Bonchev–Trinajstić information content (AvgIpc) is 2.80. The number of aromatic nitrogens is 2. The Bertz CT molecular complexity index is 999. The van der Waals surface area contributed by atoms with Gasteiger partial charge in [-0.1, -0.05) is 49.6 Å². The van der Waals surface area contributed by atoms with E-state index in [1.807, 2.05) is 18.2 Å². The Kier molecular flexibility index (Phi) is 7.03. The molecular weight excluding hydrogens is 389 g/mol. The van der Waals surface area contributed by atoms with Crippen LogP contribution in [-0.2, 0) is 17.6 Å². The molecule has 5 heteroatoms. The molecule has 1 fully saturated rings. The predicted molar refractivity (Wildman–Crippen MR) is 121 cm³/mol. The number of halogens is 1. The topological polar surface area (TPSA) is 54.9 Å². The van der Waals surface area contributed by atoms with Crippen LogP contribution in [0.2, 0.25) is 0 Å². The zero-order chi connectivity index (χ0) is 21.5. The van der Waals surface area contributed by atoms with Gasteiger partial charge in [-0.15, -0.1) is 0 Å². The number of carbonyl (C=O) groups is 1. The van der Waals surface area contributed by atoms with Crippen molar-refractivity contribution < 1.29 is 9.18 Å². The van der Waals surface area contributed by atoms with Gasteiger partial charge in [0.2, 0.25) is 5.91 Å². The smallest absolute Gasteiger partial charge is 0.225 e. The number of carbonyl (C=O) groups excluding carboxylic acids is 1. The first-order valence-electron chi connectivity index (χ1n) is 11.1. The largest absolute Gasteiger partial charge is 0.309 e. The van der Waals surface area contributed by atoms with E-state index >= 15 is 0 Å². The predicted octanol–water partition coefficient (Wildman–Crippen LogP) is 5.98. The summed E-state index contributed by atoms with van der Waals surface area (Å²) in [7, 11) is 0. The van der Waals surface area contributed by atoms with E-state index in [4.69, 9.17) is 4.98 Å². The molecule has 4 nitrogen and oxygen atoms in total. The highest BCUT2D eigenvalue weighted by Crippen LogP contribution is 2.27. The summed E-state index contributed by atoms with van der Waals surface area (Å²) in [6.45, 7) is 0. The average molecular weight is 418 g/mol. The van der Waals surface area contributed by atoms with E-state index in [1.165, 1.54) is 37.0 Å². The van der Waals surface area contributed by atoms with Crippen LogP contribution < -0.4 is 5.32 Å². The number of aryl methyl sites for hydroxylation is 2. The fourth-order valence-corrected chi connectivity index (χ4v) is 4.21. The van der Waals surface area contributed by atoms with Crippen molar-refractivity contribution in [2.75, 3.05) is 5.32 Å². The van der Waals surface area contributed by atoms with Crippen LogP contribution in [0.4, 0.5) is 10.2 Å². The molecule has 1 amide bonds. The van der Waals surface area contributed by atoms with Crippen LogP contribution in [0.5, 0.6) is 0 Å². The third-order valence-electron chi connectivity index (χ3n) is 5.93. The quantitative estimate of drug-likeness (QED) is 0.515. The number of anilines is 1. The molecule has 4 rings (SSSR count). The Morgan fingerprint density at radius 2 is 1.71 bits per heavy atom. The van der Waals surface area contributed by atoms with Gasteiger partial charge in [0.1, 0.15) is 5.82 Å². The van der Waals surface area contributed by atoms with E-state index in [-0.39, 0.29) is 11.7 Å². The van der Waals surface area contributed by atoms with E-state index in [9.17, 15) is 9.18 Å². The molecule has 0 unspecified atom stereocenters. The summed E-state index contributed by atoms with van der Waals surface area (Å²) >= 11 is 0. The fraction of sp³-hybridized carbons (Fsp3) is 0.346. The van der Waals surface area contributed by atoms with Crippen molar-refractivity contribution in [1.82, 2.24) is 9.97 Å². The molecule has 0 radical (unpaired) electrons. The number of amides is 1. The molecule has 0 bridgehead atoms. The molecule has 2 aromatic carbocycles. The van der Waals surface area contributed by atoms with Crippen LogP contribution in [0.1, 0.15) is 49.8 Å². The van der Waals surface area contributed by atoms with Gasteiger partial charge in [-0.2, -0.15) is 0 Å². The zero-order valence-corrected chi connectivity index (χ0v) is 17.7. The summed E-state index contributed by atoms with van der Waals surface area (Å²) in [6.07, 6.45) is 9.61. The first-order chi connectivity index (χ1) is 15.2. The van der Waals surface area contributed by atoms with Crippen molar-refractivity contribution in [3.05, 3.63) is 77.9 Å². The second-order valence-corrected chi connectivity index (χ2v) is 8.30. The lowest BCUT2D eigenvalue weighted by atomic mass is 9.87. The molecule has 160 valence electrons. The van der Waals surface area contributed by atoms with Crippen LogP contribution in [0.15, 0.2) is 60.8 Å². The normalized spacial score (nSPS) is 14.4. The van der Waals surface area contributed by atoms with Crippen molar-refractivity contribution in [1.29, 1.82) is 0 Å². The van der Waals surface area contributed by atoms with Gasteiger partial charge < -0.3 is 5.32 Å². The third kappa shape index (κ3) is 5.97. The summed E-state index contributed by atoms with van der Waals surface area (Å²) in [5, 5.41) is 3.01. The lowest BCUT2D eigenvalue weighted by molar-refractivity contribution is -0.117. The lowest BCUT2D eigenvalue weighted by Gasteiger charge is -2.21. The standard InChI is InChI=1S/C26H28FN3O/c27-22-14-12-21(13-15-22)24-18-28-26(30-25(31)17-20-9-5-2-6-10-20)23(29-24)16-11-19-7-3-1-4-8-19/h1,3-4,7-8,12-15,18,20H,2,5-6,9-11,16-17H2,(H,28,30,31). The number of benzene rings is 2. The van der Waals surface area contributed by atoms with Gasteiger partial charge in [-0.3, -0.25) is 4.79 Å². The molecule has 1 aliphatic rings. The van der Waals surface area contributed by atoms with E-state index in [1.54, 1.807) is 18.3 Å². The zero-order valence-electron chi connectivity index (χ0n) is 17.7. The molecule has 1 N–H and O–H groups in total. The molecule has 1 heterocycles. The molecule has 1 aliphatic carbocycles. The number of nitrogens with zero attached hydrogens (tertiary/aromatic N) is 2. The van der Waals surface area contributed by atoms with E-state index in [2.05, 4.69) is 22.4 Å². The van der Waals surface area contributed by atoms with Gasteiger partial charge in [-0.25, -0.2) is 14.4 Å². The van der Waals surface area contributed by atoms with Crippen molar-refractivity contribution in [2.45, 2.75) is 51.4 Å². The fourth-order valence-electron chi connectivity index (χ4n) is 4.21. The second-order valence-electron chi connectivity index (χ2n) is 8.30. The minimum atomic E-state index is -0.285. The summed E-state index contributed by atoms with van der Waals surface area (Å²) in [4.78, 5) is 22.0. The Morgan fingerprint density at radius 3 is 2.45 bits per heavy atom. The highest BCUT2D eigenvalue weighted by molar-refractivity contribution is 5.90. The van der Waals surface area contributed by atoms with Gasteiger partial charge in [0, 0.05) is 12.0 Å². The van der Waals surface area contributed by atoms with Gasteiger partial charge in [0.15, 0.2) is 5.82 Å². The maximum absolute atomic E-state index is 13.3. The number of hydrogen-bond acceptors (Lipinski definition) is 3. The SMILES string of the molecule is O=C(CC1CCCCC1)Nc1ncc(-c2ccc(F)cc2)nc1CCc1ccccc1. The van der Waals surface area contributed by atoms with Crippen LogP contribution in [-0.4, -0.2) is 15.9 Å². The van der Waals surface area contributed by atoms with Crippen LogP contribution in [0, 0.1) is 11.7 Å². The summed E-state index contributed by atoms with van der Waals surface area (Å²) < 4.78 is 13.3. The highest BCUT2D eigenvalue weighted by Gasteiger charge is 2.19. The van der Waals surface area contributed by atoms with E-state index in [0.29, 0.717) is 30.3 Å². The number of nitrogens with one attached hydrogen (secondary N) is 1. The molecule has 1 saturated carbocycles. The van der Waals surface area contributed by atoms with Crippen LogP contribution in [0.3, 0.4) is 0 Å². The Balaban J connectivity index is 1.53. The third-order valence-corrected chi connectivity index (χ3v) is 5.93. The Hall–Kier alpha value is -3.08. The van der Waals surface area contributed by atoms with E-state index in [0.717, 1.165) is 30.5 Å². The molecule has 3 aromatic rings. The first-order valence-corrected chi connectivity index (χ1v) is 11.1. The minimum absolute atomic E-state index is 0.0108. The minimum Gasteiger partial charge on any atom is -0.309 e. The number of hydrogen-bond donors (Lipinski definition) is 1. The maximum Gasteiger partial charge on any atom is 0.225 e. The highest BCUT2D eigenvalue weighted by atomic mass is 19.1. The molecule has 31 heavy (non-hydrogen) atoms. The van der Waals surface area contributed by atoms with E-state index < -0.39 is 0 Å². The lowest BCUT2D eigenvalue weighted by Crippen LogP contribution is -2.20. The van der Waals surface area contributed by atoms with Crippen molar-refractivity contribution >= 4 is 11.7 Å². The molecule has 0 atom stereocenters. The second kappa shape index (κ2) is 10.3. The molecular formula is C26H28FN3O. The Morgan fingerprint density at radius 1 is 0.968 bits per heavy atom. The maximum atomic E-state index is 13.3. The van der Waals surface area contributed by atoms with Crippen molar-refractivity contribution in [3.8, 4) is 11.3 Å². The molecule has 1 aromatic heterocycles. The van der Waals surface area contributed by atoms with Crippen LogP contribution in [0.25, 0.3) is 11.3 Å². The Labute approximate surface area is 183 Å². The van der Waals surface area contributed by atoms with Crippen LogP contribution >= 0.6 is 0 Å². The monoisotopic (exact) mass is 417 g/mol.